The number of nitrogens with one attached hydrogen (secondary N) is 1. The summed E-state index contributed by atoms with van der Waals surface area (Å²) in [6, 6.07) is 16.5. The molecule has 1 amide bonds. The molecule has 3 aromatic carbocycles. The highest BCUT2D eigenvalue weighted by molar-refractivity contribution is 7.89. The number of amides is 1. The Kier molecular flexibility index (Phi) is 5.50. The number of piperidine rings is 1. The number of carbonyl (C=O) groups is 1. The maximum absolute atomic E-state index is 14.0. The summed E-state index contributed by atoms with van der Waals surface area (Å²) in [5.41, 5.74) is 5.52. The number of carbonyl (C=O) groups excluding carboxylic acids is 1. The van der Waals surface area contributed by atoms with Gasteiger partial charge in [-0.05, 0) is 71.8 Å². The van der Waals surface area contributed by atoms with Crippen LogP contribution in [0.1, 0.15) is 24.0 Å². The number of nitrogens with zero attached hydrogens (tertiary/aromatic N) is 1. The van der Waals surface area contributed by atoms with Gasteiger partial charge < -0.3 is 5.32 Å². The number of sulfonamides is 1. The van der Waals surface area contributed by atoms with Gasteiger partial charge in [0, 0.05) is 24.7 Å². The maximum atomic E-state index is 14.0. The summed E-state index contributed by atoms with van der Waals surface area (Å²) in [5.74, 6) is -2.34. The predicted octanol–water partition coefficient (Wildman–Crippen LogP) is 4.58. The van der Waals surface area contributed by atoms with Gasteiger partial charge in [-0.15, -0.1) is 0 Å². The fraction of sp³-hybridized carbons (Fsp3) is 0.240. The van der Waals surface area contributed by atoms with Crippen molar-refractivity contribution in [2.45, 2.75) is 24.2 Å². The largest absolute Gasteiger partial charge is 0.326 e. The van der Waals surface area contributed by atoms with Crippen LogP contribution in [0.4, 0.5) is 14.5 Å². The van der Waals surface area contributed by atoms with Gasteiger partial charge in [-0.1, -0.05) is 30.3 Å². The SMILES string of the molecule is O=C(Nc1ccc2c(c1)Cc1ccccc1-2)C1CCN(S(=O)(=O)c2cc(F)ccc2F)CC1. The van der Waals surface area contributed by atoms with E-state index in [2.05, 4.69) is 17.4 Å². The van der Waals surface area contributed by atoms with Gasteiger partial charge in [-0.3, -0.25) is 4.79 Å². The third-order valence-electron chi connectivity index (χ3n) is 6.40. The summed E-state index contributed by atoms with van der Waals surface area (Å²) in [7, 11) is -4.17. The molecule has 0 radical (unpaired) electrons. The van der Waals surface area contributed by atoms with Crippen molar-refractivity contribution in [3.63, 3.8) is 0 Å². The van der Waals surface area contributed by atoms with Gasteiger partial charge in [-0.25, -0.2) is 17.2 Å². The average Bonchev–Trinajstić information content (AvgIpc) is 3.18. The molecule has 1 fully saturated rings. The number of halogens is 2. The van der Waals surface area contributed by atoms with E-state index in [-0.39, 0.29) is 24.9 Å². The molecule has 0 aromatic heterocycles. The average molecular weight is 469 g/mol. The molecule has 0 unspecified atom stereocenters. The van der Waals surface area contributed by atoms with Crippen molar-refractivity contribution < 1.29 is 22.0 Å². The van der Waals surface area contributed by atoms with Crippen molar-refractivity contribution >= 4 is 21.6 Å². The number of rotatable bonds is 4. The van der Waals surface area contributed by atoms with Crippen LogP contribution in [-0.4, -0.2) is 31.7 Å². The van der Waals surface area contributed by atoms with Crippen LogP contribution >= 0.6 is 0 Å². The smallest absolute Gasteiger partial charge is 0.246 e. The van der Waals surface area contributed by atoms with Crippen molar-refractivity contribution in [1.29, 1.82) is 0 Å². The lowest BCUT2D eigenvalue weighted by molar-refractivity contribution is -0.120. The molecule has 1 saturated heterocycles. The zero-order valence-corrected chi connectivity index (χ0v) is 18.5. The van der Waals surface area contributed by atoms with Crippen LogP contribution in [0.2, 0.25) is 0 Å². The van der Waals surface area contributed by atoms with Gasteiger partial charge in [0.2, 0.25) is 15.9 Å². The molecule has 5 nitrogen and oxygen atoms in total. The summed E-state index contributed by atoms with van der Waals surface area (Å²) in [6.45, 7) is 0.131. The second kappa shape index (κ2) is 8.35. The first-order valence-electron chi connectivity index (χ1n) is 10.8. The summed E-state index contributed by atoms with van der Waals surface area (Å²) in [6.07, 6.45) is 1.43. The first-order valence-corrected chi connectivity index (χ1v) is 12.2. The minimum atomic E-state index is -4.17. The van der Waals surface area contributed by atoms with E-state index in [0.29, 0.717) is 24.6 Å². The van der Waals surface area contributed by atoms with Gasteiger partial charge in [0.05, 0.1) is 0 Å². The third-order valence-corrected chi connectivity index (χ3v) is 8.31. The molecule has 170 valence electrons. The molecule has 0 atom stereocenters. The topological polar surface area (TPSA) is 66.5 Å². The number of hydrogen-bond acceptors (Lipinski definition) is 3. The van der Waals surface area contributed by atoms with Gasteiger partial charge in [0.15, 0.2) is 0 Å². The van der Waals surface area contributed by atoms with Crippen molar-refractivity contribution in [3.05, 3.63) is 83.4 Å². The normalized spacial score (nSPS) is 16.3. The molecular formula is C25H22F2N2O3S. The zero-order chi connectivity index (χ0) is 23.2. The molecule has 1 heterocycles. The Morgan fingerprint density at radius 3 is 2.42 bits per heavy atom. The minimum Gasteiger partial charge on any atom is -0.326 e. The van der Waals surface area contributed by atoms with Crippen molar-refractivity contribution in [2.24, 2.45) is 5.92 Å². The van der Waals surface area contributed by atoms with E-state index in [1.54, 1.807) is 0 Å². The lowest BCUT2D eigenvalue weighted by Gasteiger charge is -2.30. The number of anilines is 1. The number of hydrogen-bond donors (Lipinski definition) is 1. The molecule has 1 N–H and O–H groups in total. The first-order chi connectivity index (χ1) is 15.8. The van der Waals surface area contributed by atoms with Crippen LogP contribution in [0.25, 0.3) is 11.1 Å². The molecule has 33 heavy (non-hydrogen) atoms. The highest BCUT2D eigenvalue weighted by Gasteiger charge is 2.34. The molecule has 0 saturated carbocycles. The predicted molar refractivity (Wildman–Crippen MR) is 121 cm³/mol. The Balaban J connectivity index is 1.24. The minimum absolute atomic E-state index is 0.0653. The Hall–Kier alpha value is -3.10. The molecule has 5 rings (SSSR count). The molecule has 3 aromatic rings. The Morgan fingerprint density at radius 2 is 1.64 bits per heavy atom. The lowest BCUT2D eigenvalue weighted by Crippen LogP contribution is -2.41. The fourth-order valence-electron chi connectivity index (χ4n) is 4.64. The highest BCUT2D eigenvalue weighted by Crippen LogP contribution is 2.37. The van der Waals surface area contributed by atoms with Crippen LogP contribution in [0.5, 0.6) is 0 Å². The van der Waals surface area contributed by atoms with Gasteiger partial charge >= 0.3 is 0 Å². The Bertz CT molecular complexity index is 1350. The van der Waals surface area contributed by atoms with E-state index in [9.17, 15) is 22.0 Å². The first kappa shape index (κ1) is 21.7. The molecule has 1 aliphatic carbocycles. The molecule has 1 aliphatic heterocycles. The molecular weight excluding hydrogens is 446 g/mol. The van der Waals surface area contributed by atoms with Crippen molar-refractivity contribution in [3.8, 4) is 11.1 Å². The van der Waals surface area contributed by atoms with E-state index in [1.165, 1.54) is 16.7 Å². The van der Waals surface area contributed by atoms with E-state index in [4.69, 9.17) is 0 Å². The van der Waals surface area contributed by atoms with Crippen LogP contribution in [0, 0.1) is 17.6 Å². The van der Waals surface area contributed by atoms with E-state index >= 15 is 0 Å². The van der Waals surface area contributed by atoms with Crippen LogP contribution < -0.4 is 5.32 Å². The summed E-state index contributed by atoms with van der Waals surface area (Å²) < 4.78 is 54.1. The monoisotopic (exact) mass is 468 g/mol. The summed E-state index contributed by atoms with van der Waals surface area (Å²) >= 11 is 0. The zero-order valence-electron chi connectivity index (χ0n) is 17.7. The molecule has 8 heteroatoms. The fourth-order valence-corrected chi connectivity index (χ4v) is 6.19. The van der Waals surface area contributed by atoms with Gasteiger partial charge in [-0.2, -0.15) is 4.31 Å². The highest BCUT2D eigenvalue weighted by atomic mass is 32.2. The van der Waals surface area contributed by atoms with Crippen LogP contribution in [0.15, 0.2) is 65.6 Å². The van der Waals surface area contributed by atoms with E-state index < -0.39 is 26.6 Å². The van der Waals surface area contributed by atoms with Crippen molar-refractivity contribution in [2.75, 3.05) is 18.4 Å². The standard InChI is InChI=1S/C25H22F2N2O3S/c26-19-5-8-23(27)24(15-19)33(31,32)29-11-9-16(10-12-29)25(30)28-20-6-7-22-18(14-20)13-17-3-1-2-4-21(17)22/h1-8,14-16H,9-13H2,(H,28,30). The summed E-state index contributed by atoms with van der Waals surface area (Å²) in [4.78, 5) is 12.1. The second-order valence-electron chi connectivity index (χ2n) is 8.45. The van der Waals surface area contributed by atoms with Gasteiger partial charge in [0.25, 0.3) is 0 Å². The molecule has 2 aliphatic rings. The van der Waals surface area contributed by atoms with Crippen LogP contribution in [-0.2, 0) is 21.2 Å². The van der Waals surface area contributed by atoms with Crippen LogP contribution in [0.3, 0.4) is 0 Å². The van der Waals surface area contributed by atoms with E-state index in [0.717, 1.165) is 28.4 Å². The number of fused-ring (bicyclic) bond motifs is 3. The van der Waals surface area contributed by atoms with Crippen molar-refractivity contribution in [1.82, 2.24) is 4.31 Å². The van der Waals surface area contributed by atoms with E-state index in [1.807, 2.05) is 30.3 Å². The third kappa shape index (κ3) is 4.05. The summed E-state index contributed by atoms with van der Waals surface area (Å²) in [5, 5.41) is 2.95. The second-order valence-corrected chi connectivity index (χ2v) is 10.4. The maximum Gasteiger partial charge on any atom is 0.246 e. The Morgan fingerprint density at radius 1 is 0.909 bits per heavy atom. The van der Waals surface area contributed by atoms with Gasteiger partial charge in [0.1, 0.15) is 16.5 Å². The Labute approximate surface area is 191 Å². The molecule has 0 spiro atoms. The number of benzene rings is 3. The molecule has 0 bridgehead atoms. The lowest BCUT2D eigenvalue weighted by atomic mass is 9.97. The quantitative estimate of drug-likeness (QED) is 0.477.